The summed E-state index contributed by atoms with van der Waals surface area (Å²) in [5, 5.41) is 10.6. The van der Waals surface area contributed by atoms with Crippen LogP contribution in [0.4, 0.5) is 0 Å². The normalized spacial score (nSPS) is 10.5. The molecule has 0 bridgehead atoms. The summed E-state index contributed by atoms with van der Waals surface area (Å²) in [4.78, 5) is 13.3. The van der Waals surface area contributed by atoms with E-state index in [0.29, 0.717) is 22.4 Å². The molecule has 0 fully saturated rings. The van der Waals surface area contributed by atoms with Crippen molar-refractivity contribution < 1.29 is 5.11 Å². The van der Waals surface area contributed by atoms with Gasteiger partial charge in [0.05, 0.1) is 5.56 Å². The van der Waals surface area contributed by atoms with Crippen molar-refractivity contribution >= 4 is 11.8 Å². The maximum atomic E-state index is 9.98. The summed E-state index contributed by atoms with van der Waals surface area (Å²) in [6.07, 6.45) is 1.92. The van der Waals surface area contributed by atoms with Crippen LogP contribution in [-0.4, -0.2) is 26.3 Å². The molecule has 1 N–H and O–H groups in total. The van der Waals surface area contributed by atoms with Crippen LogP contribution in [-0.2, 0) is 0 Å². The summed E-state index contributed by atoms with van der Waals surface area (Å²) in [5.41, 5.74) is 1.53. The second-order valence-electron chi connectivity index (χ2n) is 4.35. The number of aromatic nitrogens is 3. The van der Waals surface area contributed by atoms with E-state index in [-0.39, 0.29) is 5.75 Å². The van der Waals surface area contributed by atoms with Gasteiger partial charge in [-0.15, -0.1) is 0 Å². The lowest BCUT2D eigenvalue weighted by Gasteiger charge is -2.07. The molecule has 5 heteroatoms. The lowest BCUT2D eigenvalue weighted by molar-refractivity contribution is 0.477. The quantitative estimate of drug-likeness (QED) is 0.748. The second-order valence-corrected chi connectivity index (χ2v) is 5.13. The number of aromatic hydroxyl groups is 1. The summed E-state index contributed by atoms with van der Waals surface area (Å²) in [5.74, 6) is 1.24. The lowest BCUT2D eigenvalue weighted by atomic mass is 10.2. The largest absolute Gasteiger partial charge is 0.507 e. The zero-order chi connectivity index (χ0) is 14.7. The molecule has 0 saturated carbocycles. The molecule has 104 valence electrons. The van der Waals surface area contributed by atoms with Crippen molar-refractivity contribution in [1.82, 2.24) is 15.0 Å². The summed E-state index contributed by atoms with van der Waals surface area (Å²) < 4.78 is 0. The molecule has 0 atom stereocenters. The van der Waals surface area contributed by atoms with Crippen molar-refractivity contribution in [2.24, 2.45) is 0 Å². The monoisotopic (exact) mass is 295 g/mol. The fraction of sp³-hybridized carbons (Fsp3) is 0.0625. The Bertz CT molecular complexity index is 762. The van der Waals surface area contributed by atoms with Crippen LogP contribution in [0.1, 0.15) is 0 Å². The molecule has 0 aliphatic carbocycles. The molecule has 1 aromatic heterocycles. The Hall–Kier alpha value is -2.40. The van der Waals surface area contributed by atoms with Gasteiger partial charge in [0.25, 0.3) is 0 Å². The third-order valence-electron chi connectivity index (χ3n) is 2.97. The van der Waals surface area contributed by atoms with Crippen LogP contribution in [0.15, 0.2) is 59.8 Å². The van der Waals surface area contributed by atoms with E-state index in [2.05, 4.69) is 15.0 Å². The zero-order valence-corrected chi connectivity index (χ0v) is 12.2. The predicted octanol–water partition coefficient (Wildman–Crippen LogP) is 3.63. The Kier molecular flexibility index (Phi) is 3.83. The number of nitrogens with zero attached hydrogens (tertiary/aromatic N) is 3. The lowest BCUT2D eigenvalue weighted by Crippen LogP contribution is -1.98. The van der Waals surface area contributed by atoms with Crippen LogP contribution in [0.3, 0.4) is 0 Å². The highest BCUT2D eigenvalue weighted by Crippen LogP contribution is 2.28. The highest BCUT2D eigenvalue weighted by molar-refractivity contribution is 7.98. The van der Waals surface area contributed by atoms with Gasteiger partial charge in [-0.3, -0.25) is 0 Å². The minimum atomic E-state index is 0.162. The number of thioether (sulfide) groups is 1. The van der Waals surface area contributed by atoms with E-state index in [0.717, 1.165) is 5.56 Å². The molecule has 2 aromatic carbocycles. The standard InChI is InChI=1S/C16H13N3OS/c1-21-16-18-14(11-7-3-2-4-8-11)17-15(19-16)12-9-5-6-10-13(12)20/h2-10,20H,1H3. The minimum absolute atomic E-state index is 0.162. The first-order valence-electron chi connectivity index (χ1n) is 6.42. The van der Waals surface area contributed by atoms with Gasteiger partial charge in [-0.2, -0.15) is 0 Å². The van der Waals surface area contributed by atoms with Crippen LogP contribution in [0.2, 0.25) is 0 Å². The number of phenols is 1. The van der Waals surface area contributed by atoms with Crippen molar-refractivity contribution in [3.63, 3.8) is 0 Å². The Morgan fingerprint density at radius 1 is 0.810 bits per heavy atom. The molecule has 0 unspecified atom stereocenters. The Balaban J connectivity index is 2.17. The Labute approximate surface area is 126 Å². The fourth-order valence-electron chi connectivity index (χ4n) is 1.95. The molecule has 0 saturated heterocycles. The molecule has 0 radical (unpaired) electrons. The van der Waals surface area contributed by atoms with Crippen molar-refractivity contribution in [1.29, 1.82) is 0 Å². The SMILES string of the molecule is CSc1nc(-c2ccccc2)nc(-c2ccccc2O)n1. The fourth-order valence-corrected chi connectivity index (χ4v) is 2.30. The topological polar surface area (TPSA) is 58.9 Å². The molecule has 0 amide bonds. The maximum Gasteiger partial charge on any atom is 0.191 e. The molecular formula is C16H13N3OS. The molecule has 21 heavy (non-hydrogen) atoms. The van der Waals surface area contributed by atoms with E-state index in [9.17, 15) is 5.11 Å². The first-order valence-corrected chi connectivity index (χ1v) is 7.64. The summed E-state index contributed by atoms with van der Waals surface area (Å²) in [6, 6.07) is 16.8. The Morgan fingerprint density at radius 2 is 1.48 bits per heavy atom. The van der Waals surface area contributed by atoms with Crippen molar-refractivity contribution in [3.8, 4) is 28.5 Å². The predicted molar refractivity (Wildman–Crippen MR) is 84.1 cm³/mol. The number of hydrogen-bond acceptors (Lipinski definition) is 5. The summed E-state index contributed by atoms with van der Waals surface area (Å²) >= 11 is 1.45. The highest BCUT2D eigenvalue weighted by atomic mass is 32.2. The molecule has 0 aliphatic heterocycles. The van der Waals surface area contributed by atoms with E-state index >= 15 is 0 Å². The van der Waals surface area contributed by atoms with Gasteiger partial charge in [0, 0.05) is 5.56 Å². The molecule has 3 aromatic rings. The number of rotatable bonds is 3. The van der Waals surface area contributed by atoms with Crippen LogP contribution in [0.25, 0.3) is 22.8 Å². The number of para-hydroxylation sites is 1. The van der Waals surface area contributed by atoms with Gasteiger partial charge in [0.2, 0.25) is 0 Å². The number of benzene rings is 2. The van der Waals surface area contributed by atoms with Crippen LogP contribution >= 0.6 is 11.8 Å². The van der Waals surface area contributed by atoms with Gasteiger partial charge < -0.3 is 5.11 Å². The van der Waals surface area contributed by atoms with E-state index in [4.69, 9.17) is 0 Å². The van der Waals surface area contributed by atoms with Gasteiger partial charge in [0.15, 0.2) is 16.8 Å². The number of phenolic OH excluding ortho intramolecular Hbond substituents is 1. The van der Waals surface area contributed by atoms with Crippen LogP contribution < -0.4 is 0 Å². The molecule has 0 aliphatic rings. The van der Waals surface area contributed by atoms with E-state index < -0.39 is 0 Å². The van der Waals surface area contributed by atoms with E-state index in [1.54, 1.807) is 18.2 Å². The third kappa shape index (κ3) is 2.87. The average Bonchev–Trinajstić information content (AvgIpc) is 2.55. The average molecular weight is 295 g/mol. The molecule has 3 rings (SSSR count). The zero-order valence-electron chi connectivity index (χ0n) is 11.4. The third-order valence-corrected chi connectivity index (χ3v) is 3.52. The summed E-state index contributed by atoms with van der Waals surface area (Å²) in [7, 11) is 0. The van der Waals surface area contributed by atoms with Crippen LogP contribution in [0, 0.1) is 0 Å². The molecule has 4 nitrogen and oxygen atoms in total. The first kappa shape index (κ1) is 13.6. The Morgan fingerprint density at radius 3 is 2.19 bits per heavy atom. The smallest absolute Gasteiger partial charge is 0.191 e. The number of hydrogen-bond donors (Lipinski definition) is 1. The first-order chi connectivity index (χ1) is 10.3. The van der Waals surface area contributed by atoms with Crippen molar-refractivity contribution in [2.45, 2.75) is 5.16 Å². The van der Waals surface area contributed by atoms with Crippen molar-refractivity contribution in [2.75, 3.05) is 6.26 Å². The van der Waals surface area contributed by atoms with Gasteiger partial charge in [-0.05, 0) is 18.4 Å². The highest BCUT2D eigenvalue weighted by Gasteiger charge is 2.12. The van der Waals surface area contributed by atoms with E-state index in [1.807, 2.05) is 42.7 Å². The van der Waals surface area contributed by atoms with Gasteiger partial charge in [0.1, 0.15) is 5.75 Å². The minimum Gasteiger partial charge on any atom is -0.507 e. The maximum absolute atomic E-state index is 9.98. The molecular weight excluding hydrogens is 282 g/mol. The molecule has 1 heterocycles. The van der Waals surface area contributed by atoms with Crippen LogP contribution in [0.5, 0.6) is 5.75 Å². The van der Waals surface area contributed by atoms with Gasteiger partial charge in [-0.25, -0.2) is 15.0 Å². The van der Waals surface area contributed by atoms with Gasteiger partial charge >= 0.3 is 0 Å². The second kappa shape index (κ2) is 5.93. The molecule has 0 spiro atoms. The summed E-state index contributed by atoms with van der Waals surface area (Å²) in [6.45, 7) is 0. The van der Waals surface area contributed by atoms with Crippen molar-refractivity contribution in [3.05, 3.63) is 54.6 Å². The van der Waals surface area contributed by atoms with Gasteiger partial charge in [-0.1, -0.05) is 54.2 Å². The van der Waals surface area contributed by atoms with E-state index in [1.165, 1.54) is 11.8 Å².